The fourth-order valence-electron chi connectivity index (χ4n) is 1.82. The highest BCUT2D eigenvalue weighted by molar-refractivity contribution is 7.10. The number of anilines is 1. The minimum absolute atomic E-state index is 0.0286. The molecule has 0 aliphatic carbocycles. The van der Waals surface area contributed by atoms with Crippen molar-refractivity contribution in [1.29, 1.82) is 5.26 Å². The summed E-state index contributed by atoms with van der Waals surface area (Å²) in [5, 5.41) is 13.7. The Balaban J connectivity index is 2.11. The molecule has 0 aliphatic rings. The lowest BCUT2D eigenvalue weighted by Gasteiger charge is -2.10. The van der Waals surface area contributed by atoms with E-state index in [-0.39, 0.29) is 11.5 Å². The van der Waals surface area contributed by atoms with E-state index in [4.69, 9.17) is 5.26 Å². The van der Waals surface area contributed by atoms with Gasteiger partial charge in [0, 0.05) is 30.2 Å². The van der Waals surface area contributed by atoms with E-state index in [2.05, 4.69) is 5.32 Å². The highest BCUT2D eigenvalue weighted by Gasteiger charge is 2.11. The molecule has 5 nitrogen and oxygen atoms in total. The number of thiophene rings is 1. The molecule has 0 radical (unpaired) electrons. The zero-order valence-electron chi connectivity index (χ0n) is 12.7. The molecular formula is C17H15N3O2S. The van der Waals surface area contributed by atoms with Gasteiger partial charge in [0.25, 0.3) is 11.8 Å². The Hall–Kier alpha value is -2.91. The van der Waals surface area contributed by atoms with E-state index in [9.17, 15) is 9.59 Å². The monoisotopic (exact) mass is 325 g/mol. The van der Waals surface area contributed by atoms with Crippen molar-refractivity contribution in [1.82, 2.24) is 4.90 Å². The van der Waals surface area contributed by atoms with Gasteiger partial charge in [0.2, 0.25) is 0 Å². The van der Waals surface area contributed by atoms with Gasteiger partial charge in [-0.05, 0) is 41.8 Å². The normalized spacial score (nSPS) is 10.7. The molecule has 6 heteroatoms. The number of nitrogens with one attached hydrogen (secondary N) is 1. The Kier molecular flexibility index (Phi) is 5.28. The van der Waals surface area contributed by atoms with Crippen LogP contribution in [0, 0.1) is 11.3 Å². The lowest BCUT2D eigenvalue weighted by molar-refractivity contribution is -0.112. The Morgan fingerprint density at radius 3 is 2.43 bits per heavy atom. The van der Waals surface area contributed by atoms with E-state index in [0.29, 0.717) is 11.3 Å². The summed E-state index contributed by atoms with van der Waals surface area (Å²) < 4.78 is 0. The van der Waals surface area contributed by atoms with Crippen molar-refractivity contribution in [3.63, 3.8) is 0 Å². The summed E-state index contributed by atoms with van der Waals surface area (Å²) in [7, 11) is 3.35. The van der Waals surface area contributed by atoms with Crippen LogP contribution in [-0.4, -0.2) is 30.8 Å². The molecule has 0 saturated heterocycles. The topological polar surface area (TPSA) is 73.2 Å². The first-order valence-corrected chi connectivity index (χ1v) is 7.67. The summed E-state index contributed by atoms with van der Waals surface area (Å²) in [6.07, 6.45) is 1.55. The molecular weight excluding hydrogens is 310 g/mol. The van der Waals surface area contributed by atoms with Crippen molar-refractivity contribution in [3.05, 3.63) is 57.8 Å². The summed E-state index contributed by atoms with van der Waals surface area (Å²) in [5.41, 5.74) is 1.08. The van der Waals surface area contributed by atoms with Gasteiger partial charge in [0.05, 0.1) is 0 Å². The maximum atomic E-state index is 12.1. The maximum absolute atomic E-state index is 12.1. The second-order valence-corrected chi connectivity index (χ2v) is 5.90. The molecule has 0 bridgehead atoms. The van der Waals surface area contributed by atoms with Crippen molar-refractivity contribution in [2.45, 2.75) is 0 Å². The summed E-state index contributed by atoms with van der Waals surface area (Å²) in [6.45, 7) is 0. The first-order valence-electron chi connectivity index (χ1n) is 6.79. The smallest absolute Gasteiger partial charge is 0.266 e. The van der Waals surface area contributed by atoms with Gasteiger partial charge in [-0.1, -0.05) is 6.07 Å². The molecule has 1 heterocycles. The highest BCUT2D eigenvalue weighted by Crippen LogP contribution is 2.16. The fraction of sp³-hybridized carbons (Fsp3) is 0.118. The molecule has 116 valence electrons. The number of nitrogens with zero attached hydrogens (tertiary/aromatic N) is 2. The molecule has 0 unspecified atom stereocenters. The Labute approximate surface area is 138 Å². The molecule has 1 aromatic carbocycles. The van der Waals surface area contributed by atoms with Gasteiger partial charge >= 0.3 is 0 Å². The SMILES string of the molecule is CN(C)C(=O)c1ccc(NC(=O)/C(C#N)=C/c2cccs2)cc1. The number of carbonyl (C=O) groups excluding carboxylic acids is 2. The molecule has 1 N–H and O–H groups in total. The Morgan fingerprint density at radius 1 is 1.22 bits per heavy atom. The largest absolute Gasteiger partial charge is 0.345 e. The number of benzene rings is 1. The van der Waals surface area contributed by atoms with Gasteiger partial charge in [0.1, 0.15) is 11.6 Å². The molecule has 0 spiro atoms. The van der Waals surface area contributed by atoms with E-state index in [0.717, 1.165) is 4.88 Å². The van der Waals surface area contributed by atoms with E-state index in [1.165, 1.54) is 16.2 Å². The van der Waals surface area contributed by atoms with Crippen LogP contribution in [-0.2, 0) is 4.79 Å². The van der Waals surface area contributed by atoms with E-state index in [1.54, 1.807) is 44.4 Å². The van der Waals surface area contributed by atoms with Crippen LogP contribution in [0.5, 0.6) is 0 Å². The minimum atomic E-state index is -0.479. The first-order chi connectivity index (χ1) is 11.0. The number of amides is 2. The number of rotatable bonds is 4. The third kappa shape index (κ3) is 4.28. The lowest BCUT2D eigenvalue weighted by Crippen LogP contribution is -2.21. The molecule has 23 heavy (non-hydrogen) atoms. The van der Waals surface area contributed by atoms with Crippen molar-refractivity contribution in [3.8, 4) is 6.07 Å². The van der Waals surface area contributed by atoms with Gasteiger partial charge in [-0.15, -0.1) is 11.3 Å². The number of nitriles is 1. The second kappa shape index (κ2) is 7.38. The van der Waals surface area contributed by atoms with Crippen molar-refractivity contribution in [2.24, 2.45) is 0 Å². The quantitative estimate of drug-likeness (QED) is 0.694. The number of carbonyl (C=O) groups is 2. The first kappa shape index (κ1) is 16.5. The van der Waals surface area contributed by atoms with Gasteiger partial charge < -0.3 is 10.2 Å². The lowest BCUT2D eigenvalue weighted by atomic mass is 10.1. The van der Waals surface area contributed by atoms with Gasteiger partial charge in [-0.3, -0.25) is 9.59 Å². The van der Waals surface area contributed by atoms with E-state index >= 15 is 0 Å². The molecule has 0 aliphatic heterocycles. The van der Waals surface area contributed by atoms with Gasteiger partial charge in [-0.25, -0.2) is 0 Å². The van der Waals surface area contributed by atoms with Gasteiger partial charge in [-0.2, -0.15) is 5.26 Å². The van der Waals surface area contributed by atoms with Crippen LogP contribution in [0.15, 0.2) is 47.4 Å². The Morgan fingerprint density at radius 2 is 1.91 bits per heavy atom. The average Bonchev–Trinajstić information content (AvgIpc) is 3.05. The van der Waals surface area contributed by atoms with E-state index in [1.807, 2.05) is 23.6 Å². The molecule has 2 aromatic rings. The summed E-state index contributed by atoms with van der Waals surface area (Å²) in [5.74, 6) is -0.592. The molecule has 0 atom stereocenters. The average molecular weight is 325 g/mol. The predicted octanol–water partition coefficient (Wildman–Crippen LogP) is 3.00. The molecule has 0 saturated carbocycles. The van der Waals surface area contributed by atoms with Crippen LogP contribution in [0.4, 0.5) is 5.69 Å². The van der Waals surface area contributed by atoms with Crippen molar-refractivity contribution >= 4 is 34.9 Å². The van der Waals surface area contributed by atoms with Crippen molar-refractivity contribution in [2.75, 3.05) is 19.4 Å². The molecule has 0 fully saturated rings. The van der Waals surface area contributed by atoms with Crippen LogP contribution < -0.4 is 5.32 Å². The second-order valence-electron chi connectivity index (χ2n) is 4.92. The molecule has 1 aromatic heterocycles. The van der Waals surface area contributed by atoms with Crippen molar-refractivity contribution < 1.29 is 9.59 Å². The maximum Gasteiger partial charge on any atom is 0.266 e. The third-order valence-electron chi connectivity index (χ3n) is 2.99. The van der Waals surface area contributed by atoms with Crippen LogP contribution in [0.3, 0.4) is 0 Å². The summed E-state index contributed by atoms with van der Waals surface area (Å²) in [6, 6.07) is 12.1. The fourth-order valence-corrected chi connectivity index (χ4v) is 2.47. The highest BCUT2D eigenvalue weighted by atomic mass is 32.1. The minimum Gasteiger partial charge on any atom is -0.345 e. The summed E-state index contributed by atoms with van der Waals surface area (Å²) >= 11 is 1.45. The van der Waals surface area contributed by atoms with Crippen LogP contribution in [0.2, 0.25) is 0 Å². The third-order valence-corrected chi connectivity index (χ3v) is 3.81. The summed E-state index contributed by atoms with van der Waals surface area (Å²) in [4.78, 5) is 26.2. The number of hydrogen-bond donors (Lipinski definition) is 1. The standard InChI is InChI=1S/C17H15N3O2S/c1-20(2)17(22)12-5-7-14(8-6-12)19-16(21)13(11-18)10-15-4-3-9-23-15/h3-10H,1-2H3,(H,19,21)/b13-10+. The predicted molar refractivity (Wildman–Crippen MR) is 91.0 cm³/mol. The van der Waals surface area contributed by atoms with E-state index < -0.39 is 5.91 Å². The van der Waals surface area contributed by atoms with Gasteiger partial charge in [0.15, 0.2) is 0 Å². The Bertz CT molecular complexity index is 769. The number of hydrogen-bond acceptors (Lipinski definition) is 4. The zero-order chi connectivity index (χ0) is 16.8. The molecule has 2 rings (SSSR count). The van der Waals surface area contributed by atoms with Crippen LogP contribution >= 0.6 is 11.3 Å². The van der Waals surface area contributed by atoms with Crippen LogP contribution in [0.25, 0.3) is 6.08 Å². The molecule has 2 amide bonds. The zero-order valence-corrected chi connectivity index (χ0v) is 13.6. The van der Waals surface area contributed by atoms with Crippen LogP contribution in [0.1, 0.15) is 15.2 Å².